The molecule has 0 bridgehead atoms. The fourth-order valence-corrected chi connectivity index (χ4v) is 3.48. The number of thiazole rings is 1. The summed E-state index contributed by atoms with van der Waals surface area (Å²) in [5.74, 6) is -2.61. The predicted molar refractivity (Wildman–Crippen MR) is 98.4 cm³/mol. The summed E-state index contributed by atoms with van der Waals surface area (Å²) in [6, 6.07) is 7.80. The number of ether oxygens (including phenoxy) is 1. The lowest BCUT2D eigenvalue weighted by Crippen LogP contribution is -2.00. The predicted octanol–water partition coefficient (Wildman–Crippen LogP) is 3.86. The summed E-state index contributed by atoms with van der Waals surface area (Å²) in [4.78, 5) is 15.7. The molecule has 0 atom stereocenters. The van der Waals surface area contributed by atoms with Gasteiger partial charge in [0.25, 0.3) is 0 Å². The van der Waals surface area contributed by atoms with Crippen LogP contribution in [0.5, 0.6) is 11.5 Å². The number of hydrogen-bond donors (Lipinski definition) is 1. The summed E-state index contributed by atoms with van der Waals surface area (Å²) < 4.78 is 34.1. The second kappa shape index (κ2) is 7.36. The number of aryl methyl sites for hydroxylation is 1. The van der Waals surface area contributed by atoms with Crippen LogP contribution in [-0.2, 0) is 0 Å². The molecule has 0 saturated carbocycles. The molecule has 0 aliphatic rings. The third-order valence-corrected chi connectivity index (χ3v) is 5.10. The van der Waals surface area contributed by atoms with E-state index < -0.39 is 17.6 Å². The molecule has 0 saturated heterocycles. The molecule has 0 aliphatic heterocycles. The van der Waals surface area contributed by atoms with Crippen LogP contribution in [0.1, 0.15) is 15.4 Å². The van der Waals surface area contributed by atoms with E-state index in [0.717, 1.165) is 17.4 Å². The number of carboxylic acid groups (broad SMARTS) is 1. The zero-order valence-corrected chi connectivity index (χ0v) is 15.5. The van der Waals surface area contributed by atoms with Gasteiger partial charge in [-0.05, 0) is 47.7 Å². The van der Waals surface area contributed by atoms with Crippen molar-refractivity contribution in [3.8, 4) is 27.8 Å². The third-order valence-electron chi connectivity index (χ3n) is 3.91. The van der Waals surface area contributed by atoms with Crippen molar-refractivity contribution in [1.82, 2.24) is 25.2 Å². The van der Waals surface area contributed by atoms with Crippen molar-refractivity contribution in [3.05, 3.63) is 64.9 Å². The van der Waals surface area contributed by atoms with Gasteiger partial charge in [-0.1, -0.05) is 0 Å². The molecule has 2 heterocycles. The number of aromatic nitrogens is 5. The Morgan fingerprint density at radius 3 is 2.62 bits per heavy atom. The summed E-state index contributed by atoms with van der Waals surface area (Å²) in [5.41, 5.74) is 1.36. The SMILES string of the molecule is Cc1nc(-c2ccc(Oc3ccc(F)cc3F)c(-n3cnnn3)c2)sc1C(=O)O. The van der Waals surface area contributed by atoms with Crippen molar-refractivity contribution in [2.45, 2.75) is 6.92 Å². The van der Waals surface area contributed by atoms with Crippen molar-refractivity contribution < 1.29 is 23.4 Å². The van der Waals surface area contributed by atoms with E-state index in [1.807, 2.05) is 0 Å². The van der Waals surface area contributed by atoms with Gasteiger partial charge in [0.05, 0.1) is 5.69 Å². The average molecular weight is 415 g/mol. The Hall–Kier alpha value is -3.73. The summed E-state index contributed by atoms with van der Waals surface area (Å²) in [6.07, 6.45) is 1.32. The minimum atomic E-state index is -1.06. The van der Waals surface area contributed by atoms with Crippen LogP contribution in [-0.4, -0.2) is 36.3 Å². The monoisotopic (exact) mass is 415 g/mol. The van der Waals surface area contributed by atoms with Crippen molar-refractivity contribution >= 4 is 17.3 Å². The molecule has 29 heavy (non-hydrogen) atoms. The van der Waals surface area contributed by atoms with E-state index in [-0.39, 0.29) is 16.4 Å². The van der Waals surface area contributed by atoms with Gasteiger partial charge < -0.3 is 9.84 Å². The lowest BCUT2D eigenvalue weighted by Gasteiger charge is -2.12. The Labute approximate surface area is 166 Å². The van der Waals surface area contributed by atoms with Gasteiger partial charge in [0.15, 0.2) is 17.3 Å². The van der Waals surface area contributed by atoms with Crippen molar-refractivity contribution in [2.24, 2.45) is 0 Å². The molecule has 0 amide bonds. The van der Waals surface area contributed by atoms with E-state index in [1.165, 1.54) is 17.1 Å². The van der Waals surface area contributed by atoms with E-state index in [2.05, 4.69) is 20.5 Å². The second-order valence-corrected chi connectivity index (χ2v) is 6.85. The number of carboxylic acids is 1. The van der Waals surface area contributed by atoms with Gasteiger partial charge in [0.1, 0.15) is 27.7 Å². The minimum absolute atomic E-state index is 0.137. The lowest BCUT2D eigenvalue weighted by molar-refractivity contribution is 0.0701. The fraction of sp³-hybridized carbons (Fsp3) is 0.0556. The maximum Gasteiger partial charge on any atom is 0.347 e. The minimum Gasteiger partial charge on any atom is -0.477 e. The number of rotatable bonds is 5. The zero-order chi connectivity index (χ0) is 20.5. The summed E-state index contributed by atoms with van der Waals surface area (Å²) in [5, 5.41) is 20.7. The molecule has 0 unspecified atom stereocenters. The largest absolute Gasteiger partial charge is 0.477 e. The van der Waals surface area contributed by atoms with Crippen molar-refractivity contribution in [3.63, 3.8) is 0 Å². The van der Waals surface area contributed by atoms with Gasteiger partial charge in [-0.25, -0.2) is 18.6 Å². The first-order chi connectivity index (χ1) is 13.9. The zero-order valence-electron chi connectivity index (χ0n) is 14.7. The van der Waals surface area contributed by atoms with E-state index in [4.69, 9.17) is 4.74 Å². The maximum atomic E-state index is 14.0. The first kappa shape index (κ1) is 18.6. The van der Waals surface area contributed by atoms with Crippen molar-refractivity contribution in [1.29, 1.82) is 0 Å². The Kier molecular flexibility index (Phi) is 4.72. The molecular formula is C18H11F2N5O3S. The second-order valence-electron chi connectivity index (χ2n) is 5.85. The topological polar surface area (TPSA) is 103 Å². The van der Waals surface area contributed by atoms with E-state index >= 15 is 0 Å². The van der Waals surface area contributed by atoms with E-state index in [9.17, 15) is 18.7 Å². The number of benzene rings is 2. The van der Waals surface area contributed by atoms with Gasteiger partial charge >= 0.3 is 5.97 Å². The quantitative estimate of drug-likeness (QED) is 0.528. The van der Waals surface area contributed by atoms with Crippen LogP contribution in [0.2, 0.25) is 0 Å². The Balaban J connectivity index is 1.79. The molecule has 1 N–H and O–H groups in total. The molecule has 0 fully saturated rings. The van der Waals surface area contributed by atoms with Crippen molar-refractivity contribution in [2.75, 3.05) is 0 Å². The molecule has 4 rings (SSSR count). The highest BCUT2D eigenvalue weighted by Gasteiger charge is 2.18. The Bertz CT molecular complexity index is 1210. The average Bonchev–Trinajstić information content (AvgIpc) is 3.34. The molecule has 0 aliphatic carbocycles. The normalized spacial score (nSPS) is 10.9. The molecule has 0 spiro atoms. The smallest absolute Gasteiger partial charge is 0.347 e. The number of aromatic carboxylic acids is 1. The highest BCUT2D eigenvalue weighted by Crippen LogP contribution is 2.35. The van der Waals surface area contributed by atoms with Crippen LogP contribution in [0.3, 0.4) is 0 Å². The first-order valence-electron chi connectivity index (χ1n) is 8.14. The molecule has 146 valence electrons. The van der Waals surface area contributed by atoms with Gasteiger partial charge in [0, 0.05) is 11.6 Å². The third kappa shape index (κ3) is 3.67. The summed E-state index contributed by atoms with van der Waals surface area (Å²) >= 11 is 1.03. The van der Waals surface area contributed by atoms with Crippen LogP contribution in [0.25, 0.3) is 16.3 Å². The molecule has 11 heteroatoms. The standard InChI is InChI=1S/C18H11F2N5O3S/c1-9-16(18(26)27)29-17(22-9)10-2-4-15(13(6-10)25-8-21-23-24-25)28-14-5-3-11(19)7-12(14)20/h2-8H,1H3,(H,26,27). The molecule has 4 aromatic rings. The van der Waals surface area contributed by atoms with E-state index in [1.54, 1.807) is 25.1 Å². The van der Waals surface area contributed by atoms with Crippen LogP contribution in [0.4, 0.5) is 8.78 Å². The van der Waals surface area contributed by atoms with Gasteiger partial charge in [-0.2, -0.15) is 4.68 Å². The number of carbonyl (C=O) groups is 1. The van der Waals surface area contributed by atoms with Gasteiger partial charge in [0.2, 0.25) is 0 Å². The molecule has 2 aromatic carbocycles. The number of hydrogen-bond acceptors (Lipinski definition) is 7. The molecule has 0 radical (unpaired) electrons. The highest BCUT2D eigenvalue weighted by molar-refractivity contribution is 7.17. The summed E-state index contributed by atoms with van der Waals surface area (Å²) in [7, 11) is 0. The maximum absolute atomic E-state index is 14.0. The van der Waals surface area contributed by atoms with Crippen LogP contribution < -0.4 is 4.74 Å². The Morgan fingerprint density at radius 2 is 1.97 bits per heavy atom. The molecule has 8 nitrogen and oxygen atoms in total. The number of tetrazole rings is 1. The van der Waals surface area contributed by atoms with Crippen LogP contribution >= 0.6 is 11.3 Å². The highest BCUT2D eigenvalue weighted by atomic mass is 32.1. The van der Waals surface area contributed by atoms with Gasteiger partial charge in [-0.15, -0.1) is 16.4 Å². The summed E-state index contributed by atoms with van der Waals surface area (Å²) in [6.45, 7) is 1.61. The fourth-order valence-electron chi connectivity index (χ4n) is 2.58. The van der Waals surface area contributed by atoms with Crippen LogP contribution in [0, 0.1) is 18.6 Å². The lowest BCUT2D eigenvalue weighted by atomic mass is 10.2. The van der Waals surface area contributed by atoms with E-state index in [0.29, 0.717) is 28.0 Å². The first-order valence-corrected chi connectivity index (χ1v) is 8.95. The number of nitrogens with zero attached hydrogens (tertiary/aromatic N) is 5. The molecule has 2 aromatic heterocycles. The van der Waals surface area contributed by atoms with Gasteiger partial charge in [-0.3, -0.25) is 0 Å². The van der Waals surface area contributed by atoms with Crippen LogP contribution in [0.15, 0.2) is 42.7 Å². The Morgan fingerprint density at radius 1 is 1.17 bits per heavy atom. The molecular weight excluding hydrogens is 404 g/mol. The number of halogens is 2.